The van der Waals surface area contributed by atoms with Crippen LogP contribution >= 0.6 is 15.9 Å². The predicted octanol–water partition coefficient (Wildman–Crippen LogP) is 3.27. The van der Waals surface area contributed by atoms with Crippen molar-refractivity contribution in [1.29, 1.82) is 0 Å². The molecule has 0 saturated carbocycles. The van der Waals surface area contributed by atoms with Gasteiger partial charge in [0, 0.05) is 28.8 Å². The maximum atomic E-state index is 3.55. The fourth-order valence-electron chi connectivity index (χ4n) is 2.42. The van der Waals surface area contributed by atoms with Crippen molar-refractivity contribution in [3.8, 4) is 0 Å². The van der Waals surface area contributed by atoms with E-state index in [1.54, 1.807) is 0 Å². The lowest BCUT2D eigenvalue weighted by atomic mass is 10.0. The Bertz CT molecular complexity index is 372. The van der Waals surface area contributed by atoms with Crippen molar-refractivity contribution in [3.63, 3.8) is 0 Å². The van der Waals surface area contributed by atoms with Crippen LogP contribution in [-0.2, 0) is 0 Å². The zero-order valence-electron chi connectivity index (χ0n) is 10.8. The van der Waals surface area contributed by atoms with E-state index in [9.17, 15) is 0 Å². The van der Waals surface area contributed by atoms with Crippen molar-refractivity contribution < 1.29 is 0 Å². The van der Waals surface area contributed by atoms with E-state index < -0.39 is 0 Å². The Hall–Kier alpha value is -0.540. The van der Waals surface area contributed by atoms with Crippen LogP contribution in [0.25, 0.3) is 0 Å². The normalized spacial score (nSPS) is 24.5. The molecule has 1 aliphatic heterocycles. The Labute approximate surface area is 113 Å². The van der Waals surface area contributed by atoms with Crippen LogP contribution in [0.1, 0.15) is 20.8 Å². The summed E-state index contributed by atoms with van der Waals surface area (Å²) < 4.78 is 1.14. The van der Waals surface area contributed by atoms with Gasteiger partial charge in [0.15, 0.2) is 0 Å². The van der Waals surface area contributed by atoms with Crippen LogP contribution in [0.15, 0.2) is 28.7 Å². The van der Waals surface area contributed by atoms with Gasteiger partial charge in [0.25, 0.3) is 0 Å². The van der Waals surface area contributed by atoms with Gasteiger partial charge in [0.1, 0.15) is 0 Å². The third-order valence-electron chi connectivity index (χ3n) is 3.41. The fourth-order valence-corrected chi connectivity index (χ4v) is 2.68. The highest BCUT2D eigenvalue weighted by Gasteiger charge is 2.30. The predicted molar refractivity (Wildman–Crippen MR) is 77.6 cm³/mol. The summed E-state index contributed by atoms with van der Waals surface area (Å²) in [5, 5.41) is 3.55. The van der Waals surface area contributed by atoms with Crippen LogP contribution in [0.3, 0.4) is 0 Å². The lowest BCUT2D eigenvalue weighted by Gasteiger charge is -2.39. The molecule has 1 unspecified atom stereocenters. The first kappa shape index (κ1) is 12.9. The number of benzene rings is 1. The molecule has 1 aromatic rings. The number of hydrogen-bond acceptors (Lipinski definition) is 2. The minimum absolute atomic E-state index is 0.165. The molecular weight excluding hydrogens is 276 g/mol. The van der Waals surface area contributed by atoms with Crippen LogP contribution in [0.2, 0.25) is 0 Å². The molecule has 1 heterocycles. The summed E-state index contributed by atoms with van der Waals surface area (Å²) in [5.74, 6) is 0.681. The van der Waals surface area contributed by atoms with Gasteiger partial charge in [-0.15, -0.1) is 0 Å². The average molecular weight is 297 g/mol. The van der Waals surface area contributed by atoms with Crippen molar-refractivity contribution in [2.45, 2.75) is 26.3 Å². The monoisotopic (exact) mass is 296 g/mol. The van der Waals surface area contributed by atoms with E-state index in [0.29, 0.717) is 5.92 Å². The number of anilines is 1. The summed E-state index contributed by atoms with van der Waals surface area (Å²) in [7, 11) is 0. The first-order valence-corrected chi connectivity index (χ1v) is 7.02. The average Bonchev–Trinajstić information content (AvgIpc) is 2.39. The van der Waals surface area contributed by atoms with E-state index in [4.69, 9.17) is 0 Å². The molecule has 0 amide bonds. The molecule has 17 heavy (non-hydrogen) atoms. The van der Waals surface area contributed by atoms with Gasteiger partial charge in [-0.3, -0.25) is 0 Å². The number of nitrogens with zero attached hydrogens (tertiary/aromatic N) is 1. The third-order valence-corrected chi connectivity index (χ3v) is 3.94. The number of rotatable bonds is 1. The summed E-state index contributed by atoms with van der Waals surface area (Å²) in [5.41, 5.74) is 1.48. The first-order valence-electron chi connectivity index (χ1n) is 6.23. The molecule has 1 fully saturated rings. The summed E-state index contributed by atoms with van der Waals surface area (Å²) in [4.78, 5) is 2.52. The van der Waals surface area contributed by atoms with Gasteiger partial charge >= 0.3 is 0 Å². The van der Waals surface area contributed by atoms with Crippen molar-refractivity contribution in [1.82, 2.24) is 5.32 Å². The molecule has 0 aromatic heterocycles. The molecule has 1 aromatic carbocycles. The Morgan fingerprint density at radius 1 is 1.29 bits per heavy atom. The lowest BCUT2D eigenvalue weighted by Crippen LogP contribution is -2.49. The van der Waals surface area contributed by atoms with Crippen molar-refractivity contribution in [2.75, 3.05) is 24.5 Å². The highest BCUT2D eigenvalue weighted by Crippen LogP contribution is 2.27. The summed E-state index contributed by atoms with van der Waals surface area (Å²) >= 11 is 3.49. The maximum absolute atomic E-state index is 3.55. The van der Waals surface area contributed by atoms with Crippen LogP contribution in [-0.4, -0.2) is 25.2 Å². The molecule has 0 radical (unpaired) electrons. The van der Waals surface area contributed by atoms with E-state index in [-0.39, 0.29) is 5.54 Å². The van der Waals surface area contributed by atoms with E-state index in [1.165, 1.54) is 5.69 Å². The summed E-state index contributed by atoms with van der Waals surface area (Å²) in [6, 6.07) is 8.64. The number of nitrogens with one attached hydrogen (secondary N) is 1. The van der Waals surface area contributed by atoms with Crippen LogP contribution < -0.4 is 10.2 Å². The molecule has 0 aliphatic carbocycles. The van der Waals surface area contributed by atoms with E-state index >= 15 is 0 Å². The minimum Gasteiger partial charge on any atom is -0.365 e. The fraction of sp³-hybridized carbons (Fsp3) is 0.571. The molecule has 1 saturated heterocycles. The quantitative estimate of drug-likeness (QED) is 0.856. The van der Waals surface area contributed by atoms with E-state index in [0.717, 1.165) is 24.1 Å². The smallest absolute Gasteiger partial charge is 0.0470 e. The number of hydrogen-bond donors (Lipinski definition) is 1. The van der Waals surface area contributed by atoms with Gasteiger partial charge in [-0.2, -0.15) is 0 Å². The topological polar surface area (TPSA) is 15.3 Å². The van der Waals surface area contributed by atoms with Gasteiger partial charge in [-0.05, 0) is 50.6 Å². The first-order chi connectivity index (χ1) is 7.99. The summed E-state index contributed by atoms with van der Waals surface area (Å²) in [6.45, 7) is 10.2. The SMILES string of the molecule is CC1CNCC(C)(C)N(c2ccc(Br)cc2)C1. The van der Waals surface area contributed by atoms with E-state index in [2.05, 4.69) is 71.2 Å². The molecule has 2 nitrogen and oxygen atoms in total. The lowest BCUT2D eigenvalue weighted by molar-refractivity contribution is 0.460. The molecule has 1 atom stereocenters. The highest BCUT2D eigenvalue weighted by atomic mass is 79.9. The molecule has 3 heteroatoms. The van der Waals surface area contributed by atoms with Gasteiger partial charge in [0.2, 0.25) is 0 Å². The Kier molecular flexibility index (Phi) is 3.79. The molecule has 0 bridgehead atoms. The van der Waals surface area contributed by atoms with Gasteiger partial charge in [-0.25, -0.2) is 0 Å². The molecular formula is C14H21BrN2. The van der Waals surface area contributed by atoms with Gasteiger partial charge in [0.05, 0.1) is 0 Å². The van der Waals surface area contributed by atoms with Crippen LogP contribution in [0.4, 0.5) is 5.69 Å². The Balaban J connectivity index is 2.29. The molecule has 2 rings (SSSR count). The summed E-state index contributed by atoms with van der Waals surface area (Å²) in [6.07, 6.45) is 0. The van der Waals surface area contributed by atoms with Gasteiger partial charge in [-0.1, -0.05) is 22.9 Å². The molecule has 1 aliphatic rings. The Morgan fingerprint density at radius 2 is 1.94 bits per heavy atom. The van der Waals surface area contributed by atoms with Crippen molar-refractivity contribution >= 4 is 21.6 Å². The third kappa shape index (κ3) is 3.02. The maximum Gasteiger partial charge on any atom is 0.0470 e. The van der Waals surface area contributed by atoms with Crippen LogP contribution in [0, 0.1) is 5.92 Å². The Morgan fingerprint density at radius 3 is 2.59 bits per heavy atom. The minimum atomic E-state index is 0.165. The highest BCUT2D eigenvalue weighted by molar-refractivity contribution is 9.10. The standard InChI is InChI=1S/C14H21BrN2/c1-11-8-16-10-14(2,3)17(9-11)13-6-4-12(15)5-7-13/h4-7,11,16H,8-10H2,1-3H3. The molecule has 1 N–H and O–H groups in total. The zero-order chi connectivity index (χ0) is 12.5. The van der Waals surface area contributed by atoms with E-state index in [1.807, 2.05) is 0 Å². The van der Waals surface area contributed by atoms with Crippen LogP contribution in [0.5, 0.6) is 0 Å². The molecule has 0 spiro atoms. The largest absolute Gasteiger partial charge is 0.365 e. The van der Waals surface area contributed by atoms with Gasteiger partial charge < -0.3 is 10.2 Å². The number of halogens is 1. The molecule has 94 valence electrons. The second-order valence-corrected chi connectivity index (χ2v) is 6.55. The van der Waals surface area contributed by atoms with Crippen molar-refractivity contribution in [2.24, 2.45) is 5.92 Å². The second kappa shape index (κ2) is 4.99. The second-order valence-electron chi connectivity index (χ2n) is 5.64. The van der Waals surface area contributed by atoms with Crippen molar-refractivity contribution in [3.05, 3.63) is 28.7 Å². The zero-order valence-corrected chi connectivity index (χ0v) is 12.4.